The van der Waals surface area contributed by atoms with E-state index in [2.05, 4.69) is 174 Å². The average molecular weight is 822 g/mol. The number of fused-ring (bicyclic) bond motifs is 4. The van der Waals surface area contributed by atoms with E-state index in [1.54, 1.807) is 16.5 Å². The predicted octanol–water partition coefficient (Wildman–Crippen LogP) is 11.2. The van der Waals surface area contributed by atoms with Gasteiger partial charge in [-0.1, -0.05) is 159 Å². The molecular weight excluding hydrogens is 759 g/mol. The van der Waals surface area contributed by atoms with Gasteiger partial charge in [-0.25, -0.2) is 0 Å². The van der Waals surface area contributed by atoms with Gasteiger partial charge in [0.05, 0.1) is 25.7 Å². The van der Waals surface area contributed by atoms with E-state index in [1.807, 2.05) is 0 Å². The van der Waals surface area contributed by atoms with Crippen LogP contribution in [0.1, 0.15) is 89.2 Å². The van der Waals surface area contributed by atoms with Gasteiger partial charge in [0.1, 0.15) is 11.8 Å². The Morgan fingerprint density at radius 3 is 2.62 bits per heavy atom. The molecule has 2 spiro atoms. The lowest BCUT2D eigenvalue weighted by Gasteiger charge is -2.60. The predicted molar refractivity (Wildman–Crippen MR) is 255 cm³/mol. The van der Waals surface area contributed by atoms with E-state index in [9.17, 15) is 0 Å². The van der Waals surface area contributed by atoms with Crippen molar-refractivity contribution >= 4 is 19.9 Å². The third-order valence-corrected chi connectivity index (χ3v) is 22.6. The maximum Gasteiger partial charge on any atom is 0.125 e. The van der Waals surface area contributed by atoms with Gasteiger partial charge in [0.25, 0.3) is 0 Å². The molecule has 2 saturated heterocycles. The first kappa shape index (κ1) is 38.2. The summed E-state index contributed by atoms with van der Waals surface area (Å²) >= 11 is 0. The molecule has 1 aromatic carbocycles. The van der Waals surface area contributed by atoms with Gasteiger partial charge in [0, 0.05) is 41.2 Å². The lowest BCUT2D eigenvalue weighted by atomic mass is 9.78. The van der Waals surface area contributed by atoms with Gasteiger partial charge in [-0.05, 0) is 104 Å². The number of hydrogen-bond donors (Lipinski definition) is 2. The largest absolute Gasteiger partial charge is 0.369 e. The molecule has 61 heavy (non-hydrogen) atoms. The molecule has 11 aliphatic rings. The number of aliphatic imine (C=N–C) groups is 1. The number of allylic oxidation sites excluding steroid dienone is 14. The van der Waals surface area contributed by atoms with Crippen LogP contribution < -0.4 is 10.6 Å². The maximum atomic E-state index is 5.27. The molecule has 0 aromatic heterocycles. The minimum Gasteiger partial charge on any atom is -0.369 e. The van der Waals surface area contributed by atoms with Crippen LogP contribution in [-0.2, 0) is 5.66 Å². The van der Waals surface area contributed by atoms with Crippen LogP contribution >= 0.6 is 0 Å². The van der Waals surface area contributed by atoms with Gasteiger partial charge in [-0.15, -0.1) is 0 Å². The highest BCUT2D eigenvalue weighted by Crippen LogP contribution is 2.59. The Morgan fingerprint density at radius 1 is 0.902 bits per heavy atom. The number of nitrogens with one attached hydrogen (secondary N) is 2. The van der Waals surface area contributed by atoms with Crippen LogP contribution in [0.5, 0.6) is 0 Å². The van der Waals surface area contributed by atoms with Crippen LogP contribution in [-0.4, -0.2) is 60.0 Å². The van der Waals surface area contributed by atoms with Crippen LogP contribution in [0, 0.1) is 11.3 Å². The summed E-state index contributed by atoms with van der Waals surface area (Å²) in [5.41, 5.74) is 10.5. The highest BCUT2D eigenvalue weighted by atomic mass is 28.3. The van der Waals surface area contributed by atoms with E-state index >= 15 is 0 Å². The monoisotopic (exact) mass is 821 g/mol. The van der Waals surface area contributed by atoms with Crippen molar-refractivity contribution in [2.75, 3.05) is 6.54 Å². The summed E-state index contributed by atoms with van der Waals surface area (Å²) in [4.78, 5) is 10.8. The molecule has 10 atom stereocenters. The summed E-state index contributed by atoms with van der Waals surface area (Å²) in [7, 11) is -1.69. The molecule has 2 N–H and O–H groups in total. The summed E-state index contributed by atoms with van der Waals surface area (Å²) < 4.78 is 0. The molecule has 0 saturated carbocycles. The molecule has 5 nitrogen and oxygen atoms in total. The van der Waals surface area contributed by atoms with E-state index < -0.39 is 8.07 Å². The van der Waals surface area contributed by atoms with Crippen molar-refractivity contribution in [2.45, 2.75) is 131 Å². The maximum absolute atomic E-state index is 5.27. The first-order chi connectivity index (χ1) is 29.8. The zero-order valence-electron chi connectivity index (χ0n) is 36.3. The summed E-state index contributed by atoms with van der Waals surface area (Å²) in [5.74, 6) is 0.606. The topological polar surface area (TPSA) is 42.7 Å². The Hall–Kier alpha value is -4.49. The van der Waals surface area contributed by atoms with Crippen LogP contribution in [0.3, 0.4) is 0 Å². The van der Waals surface area contributed by atoms with Crippen LogP contribution in [0.25, 0.3) is 6.08 Å². The molecule has 12 rings (SSSR count). The number of nitrogens with zero attached hydrogens (tertiary/aromatic N) is 3. The van der Waals surface area contributed by atoms with E-state index in [1.165, 1.54) is 65.9 Å². The van der Waals surface area contributed by atoms with Gasteiger partial charge in [0.15, 0.2) is 0 Å². The fourth-order valence-electron chi connectivity index (χ4n) is 13.0. The number of benzene rings is 1. The van der Waals surface area contributed by atoms with Gasteiger partial charge in [0.2, 0.25) is 0 Å². The Bertz CT molecular complexity index is 2410. The van der Waals surface area contributed by atoms with Crippen LogP contribution in [0.2, 0.25) is 17.6 Å². The van der Waals surface area contributed by atoms with Crippen molar-refractivity contribution in [1.82, 2.24) is 20.4 Å². The van der Waals surface area contributed by atoms with Crippen molar-refractivity contribution in [3.8, 4) is 0 Å². The molecule has 6 heteroatoms. The second-order valence-corrected chi connectivity index (χ2v) is 25.1. The van der Waals surface area contributed by atoms with E-state index in [4.69, 9.17) is 4.99 Å². The third kappa shape index (κ3) is 6.41. The summed E-state index contributed by atoms with van der Waals surface area (Å²) in [6.07, 6.45) is 58.6. The van der Waals surface area contributed by atoms with Crippen LogP contribution in [0.4, 0.5) is 0 Å². The quantitative estimate of drug-likeness (QED) is 0.163. The van der Waals surface area contributed by atoms with Gasteiger partial charge in [-0.2, -0.15) is 0 Å². The average Bonchev–Trinajstić information content (AvgIpc) is 3.90. The summed E-state index contributed by atoms with van der Waals surface area (Å²) in [6.45, 7) is 5.95. The van der Waals surface area contributed by atoms with Gasteiger partial charge >= 0.3 is 0 Å². The van der Waals surface area contributed by atoms with E-state index in [0.29, 0.717) is 35.8 Å². The second-order valence-electron chi connectivity index (χ2n) is 20.6. The van der Waals surface area contributed by atoms with Gasteiger partial charge in [-0.3, -0.25) is 15.2 Å². The molecule has 312 valence electrons. The van der Waals surface area contributed by atoms with Crippen molar-refractivity contribution in [1.29, 1.82) is 0 Å². The lowest BCUT2D eigenvalue weighted by Crippen LogP contribution is -2.62. The molecule has 5 aliphatic heterocycles. The third-order valence-electron chi connectivity index (χ3n) is 16.8. The molecule has 5 heterocycles. The van der Waals surface area contributed by atoms with Crippen molar-refractivity contribution < 1.29 is 0 Å². The first-order valence-corrected chi connectivity index (χ1v) is 26.4. The van der Waals surface area contributed by atoms with Gasteiger partial charge < -0.3 is 10.2 Å². The van der Waals surface area contributed by atoms with Crippen molar-refractivity contribution in [3.05, 3.63) is 172 Å². The molecule has 2 fully saturated rings. The van der Waals surface area contributed by atoms with Crippen molar-refractivity contribution in [2.24, 2.45) is 16.3 Å². The zero-order chi connectivity index (χ0) is 40.8. The fraction of sp³-hybridized carbons (Fsp3) is 0.436. The molecule has 1 aromatic rings. The Balaban J connectivity index is 0.782. The normalized spacial score (nSPS) is 39.8. The SMILES string of the molecule is CC1(/C=C/C2CC=C(C3N=C4CCC=CC45CN35)CC2)C=CC2=C(C1)N(C1C=CC=CC1)C1C=C(/C=C/c3ccc(C4(C)NC=C5C=CCCC5N4)cc3)C=CC1[Si]21CCC1. The first-order valence-electron chi connectivity index (χ1n) is 23.9. The number of rotatable bonds is 7. The molecule has 10 unspecified atom stereocenters. The Kier molecular flexibility index (Phi) is 9.10. The highest BCUT2D eigenvalue weighted by molar-refractivity contribution is 6.91. The fourth-order valence-corrected chi connectivity index (χ4v) is 18.3. The minimum absolute atomic E-state index is 0.0158. The Morgan fingerprint density at radius 2 is 1.82 bits per heavy atom. The smallest absolute Gasteiger partial charge is 0.125 e. The molecule has 0 amide bonds. The highest BCUT2D eigenvalue weighted by Gasteiger charge is 2.62. The minimum atomic E-state index is -1.69. The molecular formula is C55H63N5Si. The molecule has 0 bridgehead atoms. The standard InChI is InChI=1S/C55H63N5Si/c1-53(31-28-40-18-23-42(24-19-40)52-57-51-15-8-9-30-55(51)38-59(52)55)32-29-50-48(36-53)60(45-12-4-3-5-13-45)47-35-41(22-27-49(47)61(50)33-10-34-61)17-16-39-20-25-44(26-21-39)54(2)56-37-43-11-6-7-14-46(43)58-54/h3-6,9,11-12,16-17,20-23,25-32,35,37,40,45-47,49,52,56,58H,7-8,10,13-15,18-19,24,33-34,36,38H2,1-2H3/b17-16+,31-28+. The van der Waals surface area contributed by atoms with Crippen LogP contribution in [0.15, 0.2) is 166 Å². The summed E-state index contributed by atoms with van der Waals surface area (Å²) in [5, 5.41) is 9.33. The molecule has 0 radical (unpaired) electrons. The van der Waals surface area contributed by atoms with E-state index in [-0.39, 0.29) is 16.6 Å². The van der Waals surface area contributed by atoms with E-state index in [0.717, 1.165) is 44.9 Å². The lowest BCUT2D eigenvalue weighted by molar-refractivity contribution is 0.213. The molecule has 6 aliphatic carbocycles. The zero-order valence-corrected chi connectivity index (χ0v) is 37.3. The Labute approximate surface area is 365 Å². The van der Waals surface area contributed by atoms with Crippen molar-refractivity contribution in [3.63, 3.8) is 0 Å². The second kappa shape index (κ2) is 14.5. The number of hydrogen-bond acceptors (Lipinski definition) is 5. The summed E-state index contributed by atoms with van der Waals surface area (Å²) in [6, 6.07) is 13.2.